The fourth-order valence-corrected chi connectivity index (χ4v) is 4.54. The summed E-state index contributed by atoms with van der Waals surface area (Å²) in [6, 6.07) is 13.2. The summed E-state index contributed by atoms with van der Waals surface area (Å²) in [5, 5.41) is 0. The van der Waals surface area contributed by atoms with Gasteiger partial charge in [0.25, 0.3) is 0 Å². The molecular weight excluding hydrogens is 314 g/mol. The number of hydrogen-bond acceptors (Lipinski definition) is 4. The molecule has 0 aliphatic carbocycles. The van der Waals surface area contributed by atoms with E-state index in [1.807, 2.05) is 42.5 Å². The average molecular weight is 331 g/mol. The number of fused-ring (bicyclic) bond motifs is 2. The van der Waals surface area contributed by atoms with E-state index in [1.54, 1.807) is 4.31 Å². The zero-order valence-corrected chi connectivity index (χ0v) is 13.4. The summed E-state index contributed by atoms with van der Waals surface area (Å²) in [7, 11) is -3.33. The minimum absolute atomic E-state index is 0.0354. The molecule has 6 heteroatoms. The zero-order valence-electron chi connectivity index (χ0n) is 12.6. The molecule has 2 aromatic carbocycles. The van der Waals surface area contributed by atoms with Gasteiger partial charge in [0.1, 0.15) is 0 Å². The minimum Gasteiger partial charge on any atom is -0.454 e. The van der Waals surface area contributed by atoms with Gasteiger partial charge in [-0.1, -0.05) is 30.3 Å². The van der Waals surface area contributed by atoms with Crippen molar-refractivity contribution < 1.29 is 17.9 Å². The van der Waals surface area contributed by atoms with Crippen molar-refractivity contribution in [1.29, 1.82) is 0 Å². The van der Waals surface area contributed by atoms with Crippen molar-refractivity contribution in [2.45, 2.75) is 18.7 Å². The van der Waals surface area contributed by atoms with Crippen LogP contribution in [0.25, 0.3) is 0 Å². The lowest BCUT2D eigenvalue weighted by Gasteiger charge is -2.28. The van der Waals surface area contributed by atoms with Gasteiger partial charge in [-0.2, -0.15) is 4.31 Å². The van der Waals surface area contributed by atoms with Gasteiger partial charge in [0.15, 0.2) is 11.5 Å². The minimum atomic E-state index is -3.33. The Morgan fingerprint density at radius 2 is 1.70 bits per heavy atom. The highest BCUT2D eigenvalue weighted by Gasteiger charge is 2.28. The molecule has 23 heavy (non-hydrogen) atoms. The maximum Gasteiger partial charge on any atom is 0.231 e. The second-order valence-corrected chi connectivity index (χ2v) is 7.77. The van der Waals surface area contributed by atoms with Crippen LogP contribution in [-0.2, 0) is 28.7 Å². The number of nitrogens with zero attached hydrogens (tertiary/aromatic N) is 1. The number of ether oxygens (including phenoxy) is 2. The Bertz CT molecular complexity index is 833. The third kappa shape index (κ3) is 2.80. The van der Waals surface area contributed by atoms with Crippen LogP contribution in [0.4, 0.5) is 0 Å². The Balaban J connectivity index is 1.57. The standard InChI is InChI=1S/C17H17NO4S/c19-23(20,11-13-4-2-1-3-5-13)18-7-6-14-8-16-17(22-12-21-16)9-15(14)10-18/h1-5,8-9H,6-7,10-12H2. The van der Waals surface area contributed by atoms with E-state index in [0.29, 0.717) is 25.3 Å². The van der Waals surface area contributed by atoms with Crippen molar-refractivity contribution in [3.8, 4) is 11.5 Å². The Morgan fingerprint density at radius 1 is 1.00 bits per heavy atom. The molecule has 0 unspecified atom stereocenters. The fourth-order valence-electron chi connectivity index (χ4n) is 3.03. The van der Waals surface area contributed by atoms with E-state index in [-0.39, 0.29) is 12.5 Å². The molecular formula is C17H17NO4S. The van der Waals surface area contributed by atoms with Crippen LogP contribution in [0.1, 0.15) is 16.7 Å². The Labute approximate surface area is 135 Å². The van der Waals surface area contributed by atoms with Gasteiger partial charge >= 0.3 is 0 Å². The van der Waals surface area contributed by atoms with E-state index in [0.717, 1.165) is 22.4 Å². The van der Waals surface area contributed by atoms with E-state index in [1.165, 1.54) is 0 Å². The average Bonchev–Trinajstić information content (AvgIpc) is 2.99. The molecule has 2 aromatic rings. The quantitative estimate of drug-likeness (QED) is 0.866. The Hall–Kier alpha value is -2.05. The second kappa shape index (κ2) is 5.54. The summed E-state index contributed by atoms with van der Waals surface area (Å²) in [4.78, 5) is 0. The highest BCUT2D eigenvalue weighted by molar-refractivity contribution is 7.88. The van der Waals surface area contributed by atoms with E-state index in [4.69, 9.17) is 9.47 Å². The number of benzene rings is 2. The van der Waals surface area contributed by atoms with Gasteiger partial charge in [-0.25, -0.2) is 8.42 Å². The first-order valence-electron chi connectivity index (χ1n) is 7.55. The van der Waals surface area contributed by atoms with Gasteiger partial charge in [0.2, 0.25) is 16.8 Å². The zero-order chi connectivity index (χ0) is 15.9. The Kier molecular flexibility index (Phi) is 3.50. The lowest BCUT2D eigenvalue weighted by molar-refractivity contribution is 0.174. The van der Waals surface area contributed by atoms with Crippen molar-refractivity contribution >= 4 is 10.0 Å². The van der Waals surface area contributed by atoms with E-state index in [9.17, 15) is 8.42 Å². The van der Waals surface area contributed by atoms with Crippen LogP contribution < -0.4 is 9.47 Å². The van der Waals surface area contributed by atoms with Crippen LogP contribution >= 0.6 is 0 Å². The third-order valence-corrected chi connectivity index (χ3v) is 6.05. The molecule has 0 spiro atoms. The molecule has 0 atom stereocenters. The first-order chi connectivity index (χ1) is 11.1. The first-order valence-corrected chi connectivity index (χ1v) is 9.16. The van der Waals surface area contributed by atoms with Crippen LogP contribution in [0.3, 0.4) is 0 Å². The summed E-state index contributed by atoms with van der Waals surface area (Å²) >= 11 is 0. The largest absolute Gasteiger partial charge is 0.454 e. The van der Waals surface area contributed by atoms with Crippen LogP contribution in [0, 0.1) is 0 Å². The van der Waals surface area contributed by atoms with Crippen LogP contribution in [-0.4, -0.2) is 26.1 Å². The van der Waals surface area contributed by atoms with E-state index < -0.39 is 10.0 Å². The molecule has 0 amide bonds. The molecule has 4 rings (SSSR count). The van der Waals surface area contributed by atoms with Gasteiger partial charge in [0, 0.05) is 13.1 Å². The second-order valence-electron chi connectivity index (χ2n) is 5.80. The lowest BCUT2D eigenvalue weighted by Crippen LogP contribution is -2.36. The lowest BCUT2D eigenvalue weighted by atomic mass is 10.0. The first kappa shape index (κ1) is 14.5. The topological polar surface area (TPSA) is 55.8 Å². The molecule has 0 saturated heterocycles. The molecule has 0 aromatic heterocycles. The van der Waals surface area contributed by atoms with Crippen LogP contribution in [0.15, 0.2) is 42.5 Å². The molecule has 0 bridgehead atoms. The summed E-state index contributed by atoms with van der Waals surface area (Å²) in [5.41, 5.74) is 2.95. The van der Waals surface area contributed by atoms with E-state index >= 15 is 0 Å². The van der Waals surface area contributed by atoms with Gasteiger partial charge < -0.3 is 9.47 Å². The van der Waals surface area contributed by atoms with E-state index in [2.05, 4.69) is 0 Å². The SMILES string of the molecule is O=S(=O)(Cc1ccccc1)N1CCc2cc3c(cc2C1)OCO3. The fraction of sp³-hybridized carbons (Fsp3) is 0.294. The molecule has 120 valence electrons. The summed E-state index contributed by atoms with van der Waals surface area (Å²) in [6.45, 7) is 1.12. The highest BCUT2D eigenvalue weighted by Crippen LogP contribution is 2.37. The van der Waals surface area contributed by atoms with Gasteiger partial charge in [0.05, 0.1) is 5.75 Å². The van der Waals surface area contributed by atoms with Crippen molar-refractivity contribution in [3.63, 3.8) is 0 Å². The van der Waals surface area contributed by atoms with Crippen molar-refractivity contribution in [3.05, 3.63) is 59.2 Å². The van der Waals surface area contributed by atoms with Crippen LogP contribution in [0.2, 0.25) is 0 Å². The van der Waals surface area contributed by atoms with Crippen molar-refractivity contribution in [2.24, 2.45) is 0 Å². The number of hydrogen-bond donors (Lipinski definition) is 0. The molecule has 0 radical (unpaired) electrons. The predicted molar refractivity (Wildman–Crippen MR) is 85.7 cm³/mol. The monoisotopic (exact) mass is 331 g/mol. The third-order valence-electron chi connectivity index (χ3n) is 4.26. The molecule has 2 heterocycles. The summed E-state index contributed by atoms with van der Waals surface area (Å²) < 4.78 is 37.7. The molecule has 0 N–H and O–H groups in total. The number of rotatable bonds is 3. The molecule has 2 aliphatic heterocycles. The molecule has 2 aliphatic rings. The smallest absolute Gasteiger partial charge is 0.231 e. The van der Waals surface area contributed by atoms with Crippen molar-refractivity contribution in [1.82, 2.24) is 4.31 Å². The van der Waals surface area contributed by atoms with Gasteiger partial charge in [-0.05, 0) is 35.2 Å². The summed E-state index contributed by atoms with van der Waals surface area (Å²) in [5.74, 6) is 1.49. The number of sulfonamides is 1. The normalized spacial score (nSPS) is 17.0. The predicted octanol–water partition coefficient (Wildman–Crippen LogP) is 2.30. The van der Waals surface area contributed by atoms with Crippen LogP contribution in [0.5, 0.6) is 11.5 Å². The Morgan fingerprint density at radius 3 is 2.43 bits per heavy atom. The summed E-state index contributed by atoms with van der Waals surface area (Å²) in [6.07, 6.45) is 0.694. The van der Waals surface area contributed by atoms with Gasteiger partial charge in [-0.3, -0.25) is 0 Å². The van der Waals surface area contributed by atoms with Gasteiger partial charge in [-0.15, -0.1) is 0 Å². The maximum absolute atomic E-state index is 12.7. The molecule has 0 saturated carbocycles. The van der Waals surface area contributed by atoms with Crippen molar-refractivity contribution in [2.75, 3.05) is 13.3 Å². The molecule has 5 nitrogen and oxygen atoms in total. The molecule has 0 fully saturated rings. The maximum atomic E-state index is 12.7. The highest BCUT2D eigenvalue weighted by atomic mass is 32.2.